The molecule has 0 aromatic carbocycles. The second kappa shape index (κ2) is 9.36. The van der Waals surface area contributed by atoms with E-state index in [1.165, 1.54) is 26.4 Å². The number of allylic oxidation sites excluding steroid dienone is 1. The average molecular weight is 220 g/mol. The molecule has 0 bridgehead atoms. The molecule has 0 aromatic heterocycles. The van der Waals surface area contributed by atoms with Crippen molar-refractivity contribution in [3.63, 3.8) is 0 Å². The minimum atomic E-state index is -0.465. The topological polar surface area (TPSA) is 52.6 Å². The van der Waals surface area contributed by atoms with E-state index in [1.807, 2.05) is 0 Å². The van der Waals surface area contributed by atoms with Crippen LogP contribution in [0.1, 0.15) is 12.8 Å². The van der Waals surface area contributed by atoms with Gasteiger partial charge in [-0.3, -0.25) is 4.79 Å². The third-order valence-corrected chi connectivity index (χ3v) is 1.41. The Labute approximate surface area is 94.6 Å². The Morgan fingerprint density at radius 1 is 1.19 bits per heavy atom. The summed E-state index contributed by atoms with van der Waals surface area (Å²) in [6.45, 7) is 0. The largest absolute Gasteiger partial charge is 0.469 e. The lowest BCUT2D eigenvalue weighted by molar-refractivity contribution is -0.140. The summed E-state index contributed by atoms with van der Waals surface area (Å²) in [4.78, 5) is 21.3. The Bertz CT molecular complexity index is 385. The minimum absolute atomic E-state index is 0.253. The van der Waals surface area contributed by atoms with E-state index in [0.717, 1.165) is 0 Å². The number of ether oxygens (including phenoxy) is 2. The molecule has 0 aliphatic rings. The molecule has 0 unspecified atom stereocenters. The highest BCUT2D eigenvalue weighted by Gasteiger charge is 1.94. The van der Waals surface area contributed by atoms with Crippen LogP contribution in [0.2, 0.25) is 0 Å². The molecule has 0 heterocycles. The number of carbonyl (C=O) groups excluding carboxylic acids is 2. The summed E-state index contributed by atoms with van der Waals surface area (Å²) >= 11 is 0. The van der Waals surface area contributed by atoms with Crippen LogP contribution in [0.5, 0.6) is 0 Å². The lowest BCUT2D eigenvalue weighted by Crippen LogP contribution is -1.97. The van der Waals surface area contributed by atoms with Gasteiger partial charge in [0.2, 0.25) is 0 Å². The van der Waals surface area contributed by atoms with Gasteiger partial charge in [-0.1, -0.05) is 11.8 Å². The summed E-state index contributed by atoms with van der Waals surface area (Å²) in [7, 11) is 2.61. The Kier molecular flexibility index (Phi) is 8.07. The van der Waals surface area contributed by atoms with Crippen LogP contribution in [0, 0.1) is 23.7 Å². The Hall–Kier alpha value is -2.20. The molecular weight excluding hydrogens is 208 g/mol. The van der Waals surface area contributed by atoms with Crippen molar-refractivity contribution in [2.45, 2.75) is 12.8 Å². The van der Waals surface area contributed by atoms with Crippen molar-refractivity contribution in [2.75, 3.05) is 14.2 Å². The zero-order valence-electron chi connectivity index (χ0n) is 9.20. The Morgan fingerprint density at radius 2 is 1.94 bits per heavy atom. The lowest BCUT2D eigenvalue weighted by Gasteiger charge is -1.91. The molecule has 0 aliphatic heterocycles. The summed E-state index contributed by atoms with van der Waals surface area (Å²) < 4.78 is 8.78. The first-order valence-corrected chi connectivity index (χ1v) is 4.50. The number of hydrogen-bond acceptors (Lipinski definition) is 4. The van der Waals surface area contributed by atoms with Gasteiger partial charge in [0.1, 0.15) is 0 Å². The van der Waals surface area contributed by atoms with Crippen LogP contribution in [0.25, 0.3) is 0 Å². The van der Waals surface area contributed by atoms with E-state index in [9.17, 15) is 9.59 Å². The quantitative estimate of drug-likeness (QED) is 0.398. The van der Waals surface area contributed by atoms with Gasteiger partial charge in [-0.25, -0.2) is 4.79 Å². The second-order valence-electron chi connectivity index (χ2n) is 2.50. The number of hydrogen-bond donors (Lipinski definition) is 0. The van der Waals surface area contributed by atoms with Gasteiger partial charge in [-0.15, -0.1) is 0 Å². The second-order valence-corrected chi connectivity index (χ2v) is 2.50. The van der Waals surface area contributed by atoms with E-state index < -0.39 is 5.97 Å². The molecule has 0 saturated heterocycles. The zero-order valence-corrected chi connectivity index (χ0v) is 9.20. The number of rotatable bonds is 3. The predicted octanol–water partition coefficient (Wildman–Crippen LogP) is 0.676. The van der Waals surface area contributed by atoms with Crippen molar-refractivity contribution in [3.8, 4) is 23.7 Å². The molecule has 0 spiro atoms. The minimum Gasteiger partial charge on any atom is -0.469 e. The molecule has 16 heavy (non-hydrogen) atoms. The number of methoxy groups -OCH3 is 2. The van der Waals surface area contributed by atoms with Crippen LogP contribution < -0.4 is 0 Å². The Morgan fingerprint density at radius 3 is 2.56 bits per heavy atom. The zero-order chi connectivity index (χ0) is 12.2. The first-order chi connectivity index (χ1) is 7.70. The van der Waals surface area contributed by atoms with Crippen LogP contribution in [0.15, 0.2) is 12.2 Å². The maximum absolute atomic E-state index is 10.7. The number of carbonyl (C=O) groups is 2. The predicted molar refractivity (Wildman–Crippen MR) is 58.0 cm³/mol. The van der Waals surface area contributed by atoms with Crippen LogP contribution in [0.4, 0.5) is 0 Å². The third kappa shape index (κ3) is 8.40. The van der Waals surface area contributed by atoms with Gasteiger partial charge in [-0.05, 0) is 17.9 Å². The van der Waals surface area contributed by atoms with Gasteiger partial charge in [-0.2, -0.15) is 0 Å². The summed E-state index contributed by atoms with van der Waals surface area (Å²) in [5, 5.41) is 0. The highest BCUT2D eigenvalue weighted by atomic mass is 16.5. The first kappa shape index (κ1) is 13.8. The maximum atomic E-state index is 10.7. The normalized spacial score (nSPS) is 8.38. The molecule has 0 aromatic rings. The molecule has 0 aliphatic carbocycles. The molecular formula is C12H12O4. The van der Waals surface area contributed by atoms with Crippen LogP contribution in [0.3, 0.4) is 0 Å². The van der Waals surface area contributed by atoms with Crippen LogP contribution in [-0.2, 0) is 19.1 Å². The van der Waals surface area contributed by atoms with Gasteiger partial charge in [0.25, 0.3) is 0 Å². The molecule has 0 radical (unpaired) electrons. The molecule has 0 atom stereocenters. The molecule has 0 N–H and O–H groups in total. The van der Waals surface area contributed by atoms with Gasteiger partial charge < -0.3 is 9.47 Å². The van der Waals surface area contributed by atoms with E-state index in [-0.39, 0.29) is 12.4 Å². The van der Waals surface area contributed by atoms with Crippen molar-refractivity contribution >= 4 is 11.9 Å². The molecule has 0 amide bonds. The van der Waals surface area contributed by atoms with E-state index in [1.54, 1.807) is 0 Å². The maximum Gasteiger partial charge on any atom is 0.331 e. The van der Waals surface area contributed by atoms with Crippen molar-refractivity contribution < 1.29 is 19.1 Å². The summed E-state index contributed by atoms with van der Waals surface area (Å²) in [5.74, 6) is 9.48. The third-order valence-electron chi connectivity index (χ3n) is 1.41. The standard InChI is InChI=1S/C12H12O4/c1-15-11(13)9-7-5-3-4-6-8-10-12(14)16-2/h7,9H,8,10H2,1-2H3/b9-7+. The van der Waals surface area contributed by atoms with E-state index in [4.69, 9.17) is 0 Å². The highest BCUT2D eigenvalue weighted by molar-refractivity contribution is 5.82. The monoisotopic (exact) mass is 220 g/mol. The SMILES string of the molecule is COC(=O)/C=C/C#CC#CCCC(=O)OC. The Balaban J connectivity index is 3.84. The van der Waals surface area contributed by atoms with Crippen LogP contribution >= 0.6 is 0 Å². The lowest BCUT2D eigenvalue weighted by atomic mass is 10.3. The van der Waals surface area contributed by atoms with E-state index in [0.29, 0.717) is 6.42 Å². The van der Waals surface area contributed by atoms with Gasteiger partial charge >= 0.3 is 11.9 Å². The fourth-order valence-electron chi connectivity index (χ4n) is 0.629. The van der Waals surface area contributed by atoms with Gasteiger partial charge in [0.15, 0.2) is 0 Å². The van der Waals surface area contributed by atoms with Gasteiger partial charge in [0, 0.05) is 12.5 Å². The molecule has 0 fully saturated rings. The van der Waals surface area contributed by atoms with Gasteiger partial charge in [0.05, 0.1) is 20.6 Å². The number of esters is 2. The molecule has 0 saturated carbocycles. The summed E-state index contributed by atoms with van der Waals surface area (Å²) in [6.07, 6.45) is 3.20. The van der Waals surface area contributed by atoms with E-state index >= 15 is 0 Å². The average Bonchev–Trinajstić information content (AvgIpc) is 2.31. The fraction of sp³-hybridized carbons (Fsp3) is 0.333. The van der Waals surface area contributed by atoms with Crippen molar-refractivity contribution in [1.29, 1.82) is 0 Å². The van der Waals surface area contributed by atoms with Crippen molar-refractivity contribution in [3.05, 3.63) is 12.2 Å². The van der Waals surface area contributed by atoms with Crippen molar-refractivity contribution in [1.82, 2.24) is 0 Å². The summed E-state index contributed by atoms with van der Waals surface area (Å²) in [6, 6.07) is 0. The fourth-order valence-corrected chi connectivity index (χ4v) is 0.629. The first-order valence-electron chi connectivity index (χ1n) is 4.50. The smallest absolute Gasteiger partial charge is 0.331 e. The van der Waals surface area contributed by atoms with Crippen molar-refractivity contribution in [2.24, 2.45) is 0 Å². The molecule has 0 rings (SSSR count). The highest BCUT2D eigenvalue weighted by Crippen LogP contribution is 1.88. The molecule has 4 nitrogen and oxygen atoms in total. The van der Waals surface area contributed by atoms with Crippen LogP contribution in [-0.4, -0.2) is 26.2 Å². The summed E-state index contributed by atoms with van der Waals surface area (Å²) in [5.41, 5.74) is 0. The van der Waals surface area contributed by atoms with E-state index in [2.05, 4.69) is 33.2 Å². The molecule has 84 valence electrons. The molecule has 4 heteroatoms.